The summed E-state index contributed by atoms with van der Waals surface area (Å²) >= 11 is 0. The molecule has 0 radical (unpaired) electrons. The molecule has 0 aliphatic rings. The van der Waals surface area contributed by atoms with E-state index >= 15 is 0 Å². The van der Waals surface area contributed by atoms with Crippen LogP contribution < -0.4 is 0 Å². The van der Waals surface area contributed by atoms with E-state index in [-0.39, 0.29) is 25.7 Å². The fourth-order valence-corrected chi connectivity index (χ4v) is 15.5. The number of phosphoric acid groups is 2. The number of carbonyl (C=O) groups excluding carboxylic acids is 4. The molecule has 0 aromatic heterocycles. The molecule has 0 saturated heterocycles. The first kappa shape index (κ1) is 105. The first-order valence-electron chi connectivity index (χ1n) is 45.8. The van der Waals surface area contributed by atoms with Gasteiger partial charge in [-0.15, -0.1) is 0 Å². The molecule has 0 amide bonds. The normalized spacial score (nSPS) is 13.7. The molecule has 19 heteroatoms. The average Bonchev–Trinajstić information content (AvgIpc) is 0.901. The Bertz CT molecular complexity index is 2020. The molecule has 0 aromatic carbocycles. The van der Waals surface area contributed by atoms with Crippen molar-refractivity contribution in [2.24, 2.45) is 0 Å². The van der Waals surface area contributed by atoms with E-state index in [9.17, 15) is 43.2 Å². The lowest BCUT2D eigenvalue weighted by Gasteiger charge is -2.21. The van der Waals surface area contributed by atoms with Crippen molar-refractivity contribution in [2.75, 3.05) is 39.6 Å². The van der Waals surface area contributed by atoms with E-state index in [1.807, 2.05) is 0 Å². The molecule has 0 heterocycles. The summed E-state index contributed by atoms with van der Waals surface area (Å²) in [6, 6.07) is 0. The lowest BCUT2D eigenvalue weighted by molar-refractivity contribution is -0.161. The Morgan fingerprint density at radius 1 is 0.224 bits per heavy atom. The Morgan fingerprint density at radius 2 is 0.374 bits per heavy atom. The zero-order chi connectivity index (χ0) is 78.1. The average molecular weight is 1560 g/mol. The van der Waals surface area contributed by atoms with Gasteiger partial charge in [-0.3, -0.25) is 37.3 Å². The predicted octanol–water partition coefficient (Wildman–Crippen LogP) is 27.3. The highest BCUT2D eigenvalue weighted by atomic mass is 31.2. The number of rotatable bonds is 89. The standard InChI is InChI=1S/C88H172O17P2/c1-5-9-13-17-21-25-29-33-36-39-40-41-42-43-45-48-51-55-59-63-67-71-75-88(93)105-84(79-99-86(91)73-69-65-61-57-53-49-47-44-37-34-30-26-22-18-14-10-6-2)81-103-107(96,97)101-77-82(89)76-100-106(94,95)102-80-83(78-98-85(90)72-68-64-60-56-52-32-28-24-20-16-12-8-4)104-87(92)74-70-66-62-58-54-50-46-38-35-31-27-23-19-15-11-7-3/h82-84,89H,5-81H2,1-4H3,(H,94,95)(H,96,97)/t82-,83+,84+/m0/s1. The van der Waals surface area contributed by atoms with Crippen LogP contribution in [0.2, 0.25) is 0 Å². The van der Waals surface area contributed by atoms with E-state index < -0.39 is 97.5 Å². The van der Waals surface area contributed by atoms with Crippen LogP contribution in [0.5, 0.6) is 0 Å². The van der Waals surface area contributed by atoms with Crippen LogP contribution >= 0.6 is 15.6 Å². The molecule has 107 heavy (non-hydrogen) atoms. The van der Waals surface area contributed by atoms with E-state index in [2.05, 4.69) is 27.7 Å². The summed E-state index contributed by atoms with van der Waals surface area (Å²) in [4.78, 5) is 73.3. The van der Waals surface area contributed by atoms with Crippen molar-refractivity contribution in [3.8, 4) is 0 Å². The summed E-state index contributed by atoms with van der Waals surface area (Å²) in [5.41, 5.74) is 0. The first-order valence-corrected chi connectivity index (χ1v) is 48.8. The third-order valence-electron chi connectivity index (χ3n) is 20.9. The Balaban J connectivity index is 5.23. The van der Waals surface area contributed by atoms with Crippen LogP contribution in [-0.4, -0.2) is 96.7 Å². The number of esters is 4. The Kier molecular flexibility index (Phi) is 80.6. The minimum absolute atomic E-state index is 0.109. The molecule has 17 nitrogen and oxygen atoms in total. The number of aliphatic hydroxyl groups excluding tert-OH is 1. The highest BCUT2D eigenvalue weighted by Gasteiger charge is 2.30. The second-order valence-corrected chi connectivity index (χ2v) is 34.5. The minimum atomic E-state index is -4.97. The summed E-state index contributed by atoms with van der Waals surface area (Å²) < 4.78 is 69.0. The van der Waals surface area contributed by atoms with E-state index in [4.69, 9.17) is 37.0 Å². The topological polar surface area (TPSA) is 237 Å². The molecule has 2 unspecified atom stereocenters. The molecule has 0 fully saturated rings. The second-order valence-electron chi connectivity index (χ2n) is 31.6. The molecule has 0 rings (SSSR count). The van der Waals surface area contributed by atoms with Gasteiger partial charge in [-0.2, -0.15) is 0 Å². The van der Waals surface area contributed by atoms with Gasteiger partial charge in [0.15, 0.2) is 12.2 Å². The van der Waals surface area contributed by atoms with Crippen LogP contribution in [-0.2, 0) is 65.4 Å². The van der Waals surface area contributed by atoms with Crippen LogP contribution in [0.1, 0.15) is 484 Å². The molecule has 636 valence electrons. The van der Waals surface area contributed by atoms with E-state index in [1.54, 1.807) is 0 Å². The quantitative estimate of drug-likeness (QED) is 0.0222. The van der Waals surface area contributed by atoms with Crippen molar-refractivity contribution in [2.45, 2.75) is 502 Å². The molecular weight excluding hydrogens is 1390 g/mol. The summed E-state index contributed by atoms with van der Waals surface area (Å²) in [6.45, 7) is 5.07. The zero-order valence-corrected chi connectivity index (χ0v) is 71.9. The highest BCUT2D eigenvalue weighted by molar-refractivity contribution is 7.47. The van der Waals surface area contributed by atoms with Gasteiger partial charge in [-0.05, 0) is 25.7 Å². The van der Waals surface area contributed by atoms with Crippen molar-refractivity contribution in [3.63, 3.8) is 0 Å². The maximum atomic E-state index is 13.2. The van der Waals surface area contributed by atoms with Gasteiger partial charge >= 0.3 is 39.5 Å². The van der Waals surface area contributed by atoms with Gasteiger partial charge in [-0.1, -0.05) is 432 Å². The summed E-state index contributed by atoms with van der Waals surface area (Å²) in [7, 11) is -9.93. The van der Waals surface area contributed by atoms with E-state index in [1.165, 1.54) is 315 Å². The number of hydrogen-bond acceptors (Lipinski definition) is 15. The number of ether oxygens (including phenoxy) is 4. The molecular formula is C88H172O17P2. The Labute approximate surface area is 658 Å². The molecule has 0 aliphatic heterocycles. The Hall–Kier alpha value is -1.94. The third-order valence-corrected chi connectivity index (χ3v) is 22.8. The first-order chi connectivity index (χ1) is 52.2. The molecule has 0 bridgehead atoms. The van der Waals surface area contributed by atoms with Crippen LogP contribution in [0, 0.1) is 0 Å². The molecule has 0 saturated carbocycles. The van der Waals surface area contributed by atoms with Crippen LogP contribution in [0.3, 0.4) is 0 Å². The summed E-state index contributed by atoms with van der Waals surface area (Å²) in [5, 5.41) is 10.7. The van der Waals surface area contributed by atoms with Crippen molar-refractivity contribution in [3.05, 3.63) is 0 Å². The van der Waals surface area contributed by atoms with Crippen molar-refractivity contribution >= 4 is 39.5 Å². The minimum Gasteiger partial charge on any atom is -0.462 e. The van der Waals surface area contributed by atoms with Crippen molar-refractivity contribution in [1.82, 2.24) is 0 Å². The highest BCUT2D eigenvalue weighted by Crippen LogP contribution is 2.45. The predicted molar refractivity (Wildman–Crippen MR) is 442 cm³/mol. The molecule has 0 spiro atoms. The molecule has 0 aliphatic carbocycles. The molecule has 5 atom stereocenters. The maximum absolute atomic E-state index is 13.2. The zero-order valence-electron chi connectivity index (χ0n) is 70.1. The van der Waals surface area contributed by atoms with Gasteiger partial charge in [0.2, 0.25) is 0 Å². The number of hydrogen-bond donors (Lipinski definition) is 3. The second kappa shape index (κ2) is 82.1. The smallest absolute Gasteiger partial charge is 0.462 e. The van der Waals surface area contributed by atoms with Gasteiger partial charge in [0, 0.05) is 25.7 Å². The summed E-state index contributed by atoms with van der Waals surface area (Å²) in [6.07, 6.45) is 77.7. The van der Waals surface area contributed by atoms with E-state index in [0.29, 0.717) is 25.7 Å². The molecule has 3 N–H and O–H groups in total. The van der Waals surface area contributed by atoms with E-state index in [0.717, 1.165) is 89.9 Å². The van der Waals surface area contributed by atoms with Gasteiger partial charge < -0.3 is 33.8 Å². The lowest BCUT2D eigenvalue weighted by Crippen LogP contribution is -2.30. The van der Waals surface area contributed by atoms with Crippen LogP contribution in [0.25, 0.3) is 0 Å². The largest absolute Gasteiger partial charge is 0.472 e. The molecule has 0 aromatic rings. The number of carbonyl (C=O) groups is 4. The number of phosphoric ester groups is 2. The van der Waals surface area contributed by atoms with Crippen LogP contribution in [0.4, 0.5) is 0 Å². The maximum Gasteiger partial charge on any atom is 0.472 e. The third kappa shape index (κ3) is 81.9. The van der Waals surface area contributed by atoms with Gasteiger partial charge in [0.25, 0.3) is 0 Å². The van der Waals surface area contributed by atoms with Gasteiger partial charge in [0.1, 0.15) is 19.3 Å². The fourth-order valence-electron chi connectivity index (χ4n) is 13.9. The SMILES string of the molecule is CCCCCCCCCCCCCCCCCCCCCCCCC(=O)O[C@H](COC(=O)CCCCCCCCCCCCCCCCCCC)COP(=O)(O)OC[C@@H](O)COP(=O)(O)OC[C@@H](COC(=O)CCCCCCCCCCCCCC)OC(=O)CCCCCCCCCCCCCCCCCC. The fraction of sp³-hybridized carbons (Fsp3) is 0.955. The van der Waals surface area contributed by atoms with Crippen molar-refractivity contribution < 1.29 is 80.2 Å². The lowest BCUT2D eigenvalue weighted by atomic mass is 10.0. The van der Waals surface area contributed by atoms with Gasteiger partial charge in [-0.25, -0.2) is 9.13 Å². The number of aliphatic hydroxyl groups is 1. The summed E-state index contributed by atoms with van der Waals surface area (Å²) in [5.74, 6) is -2.09. The Morgan fingerprint density at radius 3 is 0.551 bits per heavy atom. The van der Waals surface area contributed by atoms with Crippen LogP contribution in [0.15, 0.2) is 0 Å². The number of unbranched alkanes of at least 4 members (excludes halogenated alkanes) is 63. The van der Waals surface area contributed by atoms with Gasteiger partial charge in [0.05, 0.1) is 26.4 Å². The van der Waals surface area contributed by atoms with Crippen molar-refractivity contribution in [1.29, 1.82) is 0 Å². The monoisotopic (exact) mass is 1560 g/mol.